The Morgan fingerprint density at radius 3 is 2.52 bits per heavy atom. The lowest BCUT2D eigenvalue weighted by atomic mass is 10.0. The smallest absolute Gasteiger partial charge is 0.253 e. The number of nitrogens with one attached hydrogen (secondary N) is 2. The third-order valence-corrected chi connectivity index (χ3v) is 4.35. The van der Waals surface area contributed by atoms with Crippen LogP contribution in [-0.2, 0) is 6.54 Å². The highest BCUT2D eigenvalue weighted by Crippen LogP contribution is 2.30. The second-order valence-electron chi connectivity index (χ2n) is 5.44. The number of hydrogen-bond donors (Lipinski definition) is 2. The maximum absolute atomic E-state index is 12.7. The topological polar surface area (TPSA) is 54.3 Å². The summed E-state index contributed by atoms with van der Waals surface area (Å²) in [5.41, 5.74) is 0.511. The van der Waals surface area contributed by atoms with E-state index in [4.69, 9.17) is 39.2 Å². The third-order valence-electron chi connectivity index (χ3n) is 3.70. The van der Waals surface area contributed by atoms with E-state index in [1.807, 2.05) is 36.4 Å². The molecule has 0 aliphatic rings. The monoisotopic (exact) mass is 396 g/mol. The summed E-state index contributed by atoms with van der Waals surface area (Å²) in [5.74, 6) is 0.332. The molecule has 7 heteroatoms. The van der Waals surface area contributed by atoms with Crippen LogP contribution < -0.4 is 10.6 Å². The van der Waals surface area contributed by atoms with E-state index in [1.54, 1.807) is 24.5 Å². The molecule has 0 radical (unpaired) electrons. The molecule has 3 rings (SSSR count). The van der Waals surface area contributed by atoms with Gasteiger partial charge >= 0.3 is 0 Å². The number of benzene rings is 2. The van der Waals surface area contributed by atoms with Gasteiger partial charge in [-0.15, -0.1) is 0 Å². The summed E-state index contributed by atoms with van der Waals surface area (Å²) in [7, 11) is 0. The molecule has 2 aromatic carbocycles. The molecule has 0 bridgehead atoms. The lowest BCUT2D eigenvalue weighted by Crippen LogP contribution is -2.53. The number of carbonyl (C=O) groups excluding carboxylic acids is 1. The molecule has 1 aromatic heterocycles. The SMILES string of the molecule is O=C(N[C@@H](NCc1ccco1)C(Cl)(Cl)Cl)c1cccc2ccccc12. The largest absolute Gasteiger partial charge is 0.468 e. The minimum atomic E-state index is -1.73. The van der Waals surface area contributed by atoms with Crippen molar-refractivity contribution in [1.29, 1.82) is 0 Å². The average Bonchev–Trinajstić information content (AvgIpc) is 3.10. The number of fused-ring (bicyclic) bond motifs is 1. The molecule has 130 valence electrons. The summed E-state index contributed by atoms with van der Waals surface area (Å²) in [6.07, 6.45) is 0.657. The highest BCUT2D eigenvalue weighted by atomic mass is 35.6. The zero-order chi connectivity index (χ0) is 17.9. The minimum Gasteiger partial charge on any atom is -0.468 e. The molecule has 25 heavy (non-hydrogen) atoms. The van der Waals surface area contributed by atoms with Crippen LogP contribution in [0.25, 0.3) is 10.8 Å². The van der Waals surface area contributed by atoms with Gasteiger partial charge in [-0.2, -0.15) is 0 Å². The van der Waals surface area contributed by atoms with Gasteiger partial charge in [0, 0.05) is 5.56 Å². The van der Waals surface area contributed by atoms with Crippen molar-refractivity contribution in [2.24, 2.45) is 0 Å². The first-order valence-electron chi connectivity index (χ1n) is 7.56. The van der Waals surface area contributed by atoms with Crippen molar-refractivity contribution in [1.82, 2.24) is 10.6 Å². The molecule has 1 atom stereocenters. The second kappa shape index (κ2) is 7.67. The van der Waals surface area contributed by atoms with E-state index >= 15 is 0 Å². The number of halogens is 3. The molecule has 2 N–H and O–H groups in total. The number of hydrogen-bond acceptors (Lipinski definition) is 3. The van der Waals surface area contributed by atoms with E-state index in [0.717, 1.165) is 10.8 Å². The Bertz CT molecular complexity index is 855. The van der Waals surface area contributed by atoms with Crippen molar-refractivity contribution in [2.75, 3.05) is 0 Å². The predicted octanol–water partition coefficient (Wildman–Crippen LogP) is 4.65. The van der Waals surface area contributed by atoms with E-state index in [1.165, 1.54) is 0 Å². The molecule has 0 unspecified atom stereocenters. The van der Waals surface area contributed by atoms with Crippen LogP contribution in [0.5, 0.6) is 0 Å². The van der Waals surface area contributed by atoms with E-state index < -0.39 is 9.96 Å². The van der Waals surface area contributed by atoms with Gasteiger partial charge in [-0.05, 0) is 29.0 Å². The van der Waals surface area contributed by atoms with Gasteiger partial charge in [0.1, 0.15) is 11.9 Å². The summed E-state index contributed by atoms with van der Waals surface area (Å²) in [4.78, 5) is 12.7. The van der Waals surface area contributed by atoms with Crippen molar-refractivity contribution in [2.45, 2.75) is 16.5 Å². The first kappa shape index (κ1) is 18.1. The van der Waals surface area contributed by atoms with Crippen LogP contribution in [0.15, 0.2) is 65.3 Å². The molecule has 0 aliphatic carbocycles. The van der Waals surface area contributed by atoms with E-state index in [9.17, 15) is 4.79 Å². The highest BCUT2D eigenvalue weighted by Gasteiger charge is 2.34. The Morgan fingerprint density at radius 2 is 1.80 bits per heavy atom. The fourth-order valence-electron chi connectivity index (χ4n) is 2.50. The second-order valence-corrected chi connectivity index (χ2v) is 7.80. The van der Waals surface area contributed by atoms with Crippen molar-refractivity contribution in [3.05, 3.63) is 72.2 Å². The minimum absolute atomic E-state index is 0.307. The van der Waals surface area contributed by atoms with Gasteiger partial charge in [0.25, 0.3) is 5.91 Å². The number of carbonyl (C=O) groups is 1. The summed E-state index contributed by atoms with van der Waals surface area (Å²) >= 11 is 18.0. The standard InChI is InChI=1S/C18H15Cl3N2O2/c19-18(20,21)17(22-11-13-7-4-10-25-13)23-16(24)15-9-3-6-12-5-1-2-8-14(12)15/h1-10,17,22H,11H2,(H,23,24)/t17-/m1/s1. The molecule has 4 nitrogen and oxygen atoms in total. The summed E-state index contributed by atoms with van der Waals surface area (Å²) in [6.45, 7) is 0.307. The zero-order valence-electron chi connectivity index (χ0n) is 13.0. The first-order chi connectivity index (χ1) is 11.9. The lowest BCUT2D eigenvalue weighted by molar-refractivity contribution is 0.0930. The number of alkyl halides is 3. The van der Waals surface area contributed by atoms with E-state index in [2.05, 4.69) is 10.6 Å². The van der Waals surface area contributed by atoms with Crippen molar-refractivity contribution < 1.29 is 9.21 Å². The van der Waals surface area contributed by atoms with E-state index in [-0.39, 0.29) is 5.91 Å². The van der Waals surface area contributed by atoms with Crippen LogP contribution in [0.2, 0.25) is 0 Å². The Morgan fingerprint density at radius 1 is 1.04 bits per heavy atom. The number of rotatable bonds is 5. The van der Waals surface area contributed by atoms with Gasteiger partial charge in [-0.25, -0.2) is 0 Å². The van der Waals surface area contributed by atoms with Gasteiger partial charge in [-0.3, -0.25) is 10.1 Å². The van der Waals surface area contributed by atoms with Crippen LogP contribution in [0, 0.1) is 0 Å². The molecule has 0 aliphatic heterocycles. The first-order valence-corrected chi connectivity index (χ1v) is 8.69. The molecular weight excluding hydrogens is 383 g/mol. The van der Waals surface area contributed by atoms with Crippen molar-refractivity contribution >= 4 is 51.5 Å². The molecular formula is C18H15Cl3N2O2. The molecule has 0 saturated heterocycles. The van der Waals surface area contributed by atoms with Gasteiger partial charge in [0.15, 0.2) is 0 Å². The fraction of sp³-hybridized carbons (Fsp3) is 0.167. The highest BCUT2D eigenvalue weighted by molar-refractivity contribution is 6.68. The summed E-state index contributed by atoms with van der Waals surface area (Å²) < 4.78 is 3.51. The molecule has 3 aromatic rings. The quantitative estimate of drug-likeness (QED) is 0.487. The summed E-state index contributed by atoms with van der Waals surface area (Å²) in [6, 6.07) is 16.6. The molecule has 1 amide bonds. The van der Waals surface area contributed by atoms with Gasteiger partial charge < -0.3 is 9.73 Å². The molecule has 0 spiro atoms. The Kier molecular flexibility index (Phi) is 5.54. The van der Waals surface area contributed by atoms with Crippen LogP contribution in [0.1, 0.15) is 16.1 Å². The van der Waals surface area contributed by atoms with Crippen LogP contribution in [-0.4, -0.2) is 15.9 Å². The third kappa shape index (κ3) is 4.47. The van der Waals surface area contributed by atoms with Crippen LogP contribution >= 0.6 is 34.8 Å². The van der Waals surface area contributed by atoms with Crippen molar-refractivity contribution in [3.8, 4) is 0 Å². The predicted molar refractivity (Wildman–Crippen MR) is 101 cm³/mol. The Labute approximate surface area is 160 Å². The van der Waals surface area contributed by atoms with Gasteiger partial charge in [-0.1, -0.05) is 71.2 Å². The molecule has 0 fully saturated rings. The summed E-state index contributed by atoms with van der Waals surface area (Å²) in [5, 5.41) is 7.52. The maximum Gasteiger partial charge on any atom is 0.253 e. The Hall–Kier alpha value is -1.72. The molecule has 1 heterocycles. The van der Waals surface area contributed by atoms with Crippen molar-refractivity contribution in [3.63, 3.8) is 0 Å². The fourth-order valence-corrected chi connectivity index (χ4v) is 2.89. The van der Waals surface area contributed by atoms with Gasteiger partial charge in [0.2, 0.25) is 3.79 Å². The zero-order valence-corrected chi connectivity index (χ0v) is 15.3. The number of amides is 1. The van der Waals surface area contributed by atoms with E-state index in [0.29, 0.717) is 17.9 Å². The van der Waals surface area contributed by atoms with Crippen LogP contribution in [0.3, 0.4) is 0 Å². The lowest BCUT2D eigenvalue weighted by Gasteiger charge is -2.26. The number of furan rings is 1. The average molecular weight is 398 g/mol. The Balaban J connectivity index is 1.79. The normalized spacial score (nSPS) is 12.9. The maximum atomic E-state index is 12.7. The molecule has 0 saturated carbocycles. The van der Waals surface area contributed by atoms with Crippen LogP contribution in [0.4, 0.5) is 0 Å². The van der Waals surface area contributed by atoms with Gasteiger partial charge in [0.05, 0.1) is 12.8 Å².